The molecule has 0 aliphatic carbocycles. The van der Waals surface area contributed by atoms with Gasteiger partial charge in [0.1, 0.15) is 5.82 Å². The number of pyridine rings is 1. The third-order valence-corrected chi connectivity index (χ3v) is 6.65. The van der Waals surface area contributed by atoms with Crippen LogP contribution in [0, 0.1) is 6.92 Å². The number of piperidine rings is 1. The Morgan fingerprint density at radius 2 is 1.88 bits per heavy atom. The van der Waals surface area contributed by atoms with Crippen LogP contribution in [-0.4, -0.2) is 36.2 Å². The summed E-state index contributed by atoms with van der Waals surface area (Å²) in [6.45, 7) is 4.40. The van der Waals surface area contributed by atoms with Crippen LogP contribution < -0.4 is 5.32 Å². The van der Waals surface area contributed by atoms with Crippen molar-refractivity contribution in [2.45, 2.75) is 44.0 Å². The summed E-state index contributed by atoms with van der Waals surface area (Å²) in [6.07, 6.45) is 4.49. The fourth-order valence-corrected chi connectivity index (χ4v) is 4.77. The lowest BCUT2D eigenvalue weighted by Crippen LogP contribution is -2.41. The van der Waals surface area contributed by atoms with Crippen LogP contribution in [-0.2, 0) is 10.0 Å². The molecule has 1 amide bonds. The molecular formula is C19H23N3O3S. The predicted octanol–water partition coefficient (Wildman–Crippen LogP) is 3.21. The largest absolute Gasteiger partial charge is 0.307 e. The monoisotopic (exact) mass is 373 g/mol. The van der Waals surface area contributed by atoms with Crippen LogP contribution >= 0.6 is 0 Å². The Balaban J connectivity index is 1.75. The molecule has 0 spiro atoms. The first-order valence-corrected chi connectivity index (χ1v) is 10.2. The lowest BCUT2D eigenvalue weighted by molar-refractivity contribution is 0.102. The van der Waals surface area contributed by atoms with E-state index in [2.05, 4.69) is 10.3 Å². The molecule has 1 atom stereocenters. The van der Waals surface area contributed by atoms with Crippen LogP contribution in [0.25, 0.3) is 0 Å². The van der Waals surface area contributed by atoms with Crippen LogP contribution in [0.2, 0.25) is 0 Å². The second-order valence-corrected chi connectivity index (χ2v) is 8.55. The lowest BCUT2D eigenvalue weighted by atomic mass is 10.1. The maximum absolute atomic E-state index is 12.8. The molecule has 2 aromatic rings. The average molecular weight is 373 g/mol. The number of aromatic nitrogens is 1. The van der Waals surface area contributed by atoms with Crippen molar-refractivity contribution in [2.24, 2.45) is 0 Å². The van der Waals surface area contributed by atoms with Crippen LogP contribution in [0.15, 0.2) is 47.5 Å². The molecule has 0 radical (unpaired) electrons. The molecule has 138 valence electrons. The summed E-state index contributed by atoms with van der Waals surface area (Å²) in [7, 11) is -3.53. The van der Waals surface area contributed by atoms with Gasteiger partial charge in [0.15, 0.2) is 0 Å². The van der Waals surface area contributed by atoms with E-state index in [9.17, 15) is 13.2 Å². The summed E-state index contributed by atoms with van der Waals surface area (Å²) >= 11 is 0. The van der Waals surface area contributed by atoms with E-state index < -0.39 is 10.0 Å². The zero-order valence-corrected chi connectivity index (χ0v) is 15.8. The molecule has 6 nitrogen and oxygen atoms in total. The second kappa shape index (κ2) is 7.55. The summed E-state index contributed by atoms with van der Waals surface area (Å²) in [5, 5.41) is 2.70. The highest BCUT2D eigenvalue weighted by molar-refractivity contribution is 7.89. The fraction of sp³-hybridized carbons (Fsp3) is 0.368. The predicted molar refractivity (Wildman–Crippen MR) is 101 cm³/mol. The third-order valence-electron chi connectivity index (χ3n) is 4.62. The number of sulfonamides is 1. The van der Waals surface area contributed by atoms with Crippen molar-refractivity contribution < 1.29 is 13.2 Å². The van der Waals surface area contributed by atoms with Gasteiger partial charge in [-0.25, -0.2) is 13.4 Å². The highest BCUT2D eigenvalue weighted by Gasteiger charge is 2.30. The Hall–Kier alpha value is -2.25. The molecule has 1 unspecified atom stereocenters. The Bertz CT molecular complexity index is 877. The van der Waals surface area contributed by atoms with E-state index in [0.717, 1.165) is 24.8 Å². The van der Waals surface area contributed by atoms with Gasteiger partial charge in [0.25, 0.3) is 5.91 Å². The topological polar surface area (TPSA) is 79.4 Å². The van der Waals surface area contributed by atoms with Gasteiger partial charge >= 0.3 is 0 Å². The van der Waals surface area contributed by atoms with Crippen LogP contribution in [0.5, 0.6) is 0 Å². The van der Waals surface area contributed by atoms with Gasteiger partial charge in [-0.05, 0) is 62.6 Å². The molecule has 1 fully saturated rings. The highest BCUT2D eigenvalue weighted by Crippen LogP contribution is 2.25. The van der Waals surface area contributed by atoms with E-state index in [0.29, 0.717) is 17.9 Å². The number of hydrogen-bond donors (Lipinski definition) is 1. The molecule has 1 saturated heterocycles. The molecule has 7 heteroatoms. The normalized spacial score (nSPS) is 18.5. The van der Waals surface area contributed by atoms with E-state index in [1.165, 1.54) is 24.3 Å². The van der Waals surface area contributed by atoms with Crippen molar-refractivity contribution in [1.29, 1.82) is 0 Å². The number of aryl methyl sites for hydroxylation is 1. The summed E-state index contributed by atoms with van der Waals surface area (Å²) in [6, 6.07) is 9.64. The van der Waals surface area contributed by atoms with Gasteiger partial charge < -0.3 is 5.32 Å². The van der Waals surface area contributed by atoms with Gasteiger partial charge in [-0.2, -0.15) is 4.31 Å². The van der Waals surface area contributed by atoms with Gasteiger partial charge in [0, 0.05) is 24.3 Å². The zero-order chi connectivity index (χ0) is 18.7. The third kappa shape index (κ3) is 3.94. The van der Waals surface area contributed by atoms with Gasteiger partial charge in [-0.3, -0.25) is 4.79 Å². The van der Waals surface area contributed by atoms with Gasteiger partial charge in [0.05, 0.1) is 4.90 Å². The first-order valence-electron chi connectivity index (χ1n) is 8.74. The van der Waals surface area contributed by atoms with Gasteiger partial charge in [0.2, 0.25) is 10.0 Å². The number of anilines is 1. The van der Waals surface area contributed by atoms with Crippen molar-refractivity contribution in [1.82, 2.24) is 9.29 Å². The number of benzene rings is 1. The smallest absolute Gasteiger partial charge is 0.256 e. The van der Waals surface area contributed by atoms with Crippen molar-refractivity contribution >= 4 is 21.7 Å². The molecule has 1 aliphatic heterocycles. The molecule has 0 saturated carbocycles. The summed E-state index contributed by atoms with van der Waals surface area (Å²) < 4.78 is 27.2. The fourth-order valence-electron chi connectivity index (χ4n) is 3.07. The SMILES string of the molecule is Cc1ccc(NC(=O)c2ccc(S(=O)(=O)N3CCCCC3C)cc2)nc1. The highest BCUT2D eigenvalue weighted by atomic mass is 32.2. The van der Waals surface area contributed by atoms with Gasteiger partial charge in [-0.1, -0.05) is 12.5 Å². The first-order chi connectivity index (χ1) is 12.4. The minimum Gasteiger partial charge on any atom is -0.307 e. The second-order valence-electron chi connectivity index (χ2n) is 6.66. The Labute approximate surface area is 154 Å². The summed E-state index contributed by atoms with van der Waals surface area (Å²) in [5.74, 6) is 0.135. The number of amides is 1. The molecule has 1 N–H and O–H groups in total. The van der Waals surface area contributed by atoms with Crippen molar-refractivity contribution in [3.05, 3.63) is 53.7 Å². The number of rotatable bonds is 4. The Morgan fingerprint density at radius 1 is 1.15 bits per heavy atom. The number of carbonyl (C=O) groups is 1. The molecule has 2 heterocycles. The van der Waals surface area contributed by atoms with E-state index in [1.807, 2.05) is 19.9 Å². The number of nitrogens with zero attached hydrogens (tertiary/aromatic N) is 2. The van der Waals surface area contributed by atoms with Crippen LogP contribution in [0.4, 0.5) is 5.82 Å². The maximum atomic E-state index is 12.8. The summed E-state index contributed by atoms with van der Waals surface area (Å²) in [5.41, 5.74) is 1.39. The van der Waals surface area contributed by atoms with Crippen LogP contribution in [0.1, 0.15) is 42.1 Å². The van der Waals surface area contributed by atoms with Crippen molar-refractivity contribution in [3.8, 4) is 0 Å². The Kier molecular flexibility index (Phi) is 5.38. The standard InChI is InChI=1S/C19H23N3O3S/c1-14-6-11-18(20-13-14)21-19(23)16-7-9-17(10-8-16)26(24,25)22-12-4-3-5-15(22)2/h6-11,13,15H,3-5,12H2,1-2H3,(H,20,21,23). The number of carbonyl (C=O) groups excluding carboxylic acids is 1. The number of nitrogens with one attached hydrogen (secondary N) is 1. The Morgan fingerprint density at radius 3 is 2.50 bits per heavy atom. The van der Waals surface area contributed by atoms with Gasteiger partial charge in [-0.15, -0.1) is 0 Å². The van der Waals surface area contributed by atoms with E-state index in [4.69, 9.17) is 0 Å². The minimum atomic E-state index is -3.53. The number of hydrogen-bond acceptors (Lipinski definition) is 4. The molecule has 3 rings (SSSR count). The summed E-state index contributed by atoms with van der Waals surface area (Å²) in [4.78, 5) is 16.7. The molecule has 1 aromatic heterocycles. The minimum absolute atomic E-state index is 0.00402. The maximum Gasteiger partial charge on any atom is 0.256 e. The van der Waals surface area contributed by atoms with Crippen LogP contribution in [0.3, 0.4) is 0 Å². The molecule has 1 aliphatic rings. The molecular weight excluding hydrogens is 350 g/mol. The molecule has 26 heavy (non-hydrogen) atoms. The lowest BCUT2D eigenvalue weighted by Gasteiger charge is -2.32. The average Bonchev–Trinajstić information content (AvgIpc) is 2.64. The quantitative estimate of drug-likeness (QED) is 0.892. The molecule has 0 bridgehead atoms. The van der Waals surface area contributed by atoms with E-state index >= 15 is 0 Å². The van der Waals surface area contributed by atoms with Crippen molar-refractivity contribution in [3.63, 3.8) is 0 Å². The first kappa shape index (κ1) is 18.5. The van der Waals surface area contributed by atoms with E-state index in [1.54, 1.807) is 16.6 Å². The van der Waals surface area contributed by atoms with Crippen molar-refractivity contribution in [2.75, 3.05) is 11.9 Å². The zero-order valence-electron chi connectivity index (χ0n) is 15.0. The molecule has 1 aromatic carbocycles. The van der Waals surface area contributed by atoms with E-state index in [-0.39, 0.29) is 16.8 Å².